The second kappa shape index (κ2) is 7.19. The van der Waals surface area contributed by atoms with E-state index < -0.39 is 12.1 Å². The number of benzene rings is 2. The van der Waals surface area contributed by atoms with Crippen LogP contribution in [0, 0.1) is 0 Å². The Balaban J connectivity index is 1.41. The van der Waals surface area contributed by atoms with Crippen LogP contribution in [0.15, 0.2) is 54.6 Å². The number of aromatic nitrogens is 2. The van der Waals surface area contributed by atoms with Crippen LogP contribution in [0.1, 0.15) is 33.2 Å². The van der Waals surface area contributed by atoms with Crippen molar-refractivity contribution in [2.45, 2.75) is 12.5 Å². The molecule has 0 spiro atoms. The van der Waals surface area contributed by atoms with Crippen molar-refractivity contribution in [3.8, 4) is 11.1 Å². The molecule has 0 fully saturated rings. The van der Waals surface area contributed by atoms with Crippen LogP contribution < -0.4 is 5.32 Å². The number of hydrogen-bond donors (Lipinski definition) is 2. The summed E-state index contributed by atoms with van der Waals surface area (Å²) in [6, 6.07) is 17.7. The zero-order valence-corrected chi connectivity index (χ0v) is 15.3. The third-order valence-electron chi connectivity index (χ3n) is 4.95. The van der Waals surface area contributed by atoms with E-state index >= 15 is 0 Å². The van der Waals surface area contributed by atoms with Crippen LogP contribution in [-0.2, 0) is 18.3 Å². The largest absolute Gasteiger partial charge is 0.476 e. The molecule has 1 aliphatic carbocycles. The van der Waals surface area contributed by atoms with Crippen LogP contribution >= 0.6 is 0 Å². The lowest BCUT2D eigenvalue weighted by molar-refractivity contribution is 0.0689. The molecule has 1 amide bonds. The Morgan fingerprint density at radius 3 is 2.29 bits per heavy atom. The van der Waals surface area contributed by atoms with Gasteiger partial charge in [0.05, 0.1) is 12.2 Å². The first-order valence-corrected chi connectivity index (χ1v) is 8.89. The molecule has 1 heterocycles. The lowest BCUT2D eigenvalue weighted by atomic mass is 9.98. The SMILES string of the molecule is Cn1nc(C(=O)O)cc1CNC(=O)OCC1c2ccccc2-c2ccccc21. The average molecular weight is 377 g/mol. The van der Waals surface area contributed by atoms with E-state index in [2.05, 4.69) is 34.7 Å². The molecule has 1 aliphatic rings. The third kappa shape index (κ3) is 3.22. The fourth-order valence-electron chi connectivity index (χ4n) is 3.59. The summed E-state index contributed by atoms with van der Waals surface area (Å²) in [6.07, 6.45) is -0.556. The Hall–Kier alpha value is -3.61. The number of carboxylic acid groups (broad SMARTS) is 1. The Bertz CT molecular complexity index is 1010. The van der Waals surface area contributed by atoms with Crippen LogP contribution in [0.5, 0.6) is 0 Å². The molecule has 7 heteroatoms. The van der Waals surface area contributed by atoms with Crippen LogP contribution in [0.3, 0.4) is 0 Å². The van der Waals surface area contributed by atoms with Gasteiger partial charge in [0.15, 0.2) is 5.69 Å². The second-order valence-corrected chi connectivity index (χ2v) is 6.63. The van der Waals surface area contributed by atoms with Gasteiger partial charge in [0.25, 0.3) is 0 Å². The number of alkyl carbamates (subject to hydrolysis) is 1. The first kappa shape index (κ1) is 17.8. The summed E-state index contributed by atoms with van der Waals surface area (Å²) in [5.41, 5.74) is 5.15. The molecule has 0 radical (unpaired) electrons. The highest BCUT2D eigenvalue weighted by molar-refractivity contribution is 5.85. The van der Waals surface area contributed by atoms with Crippen molar-refractivity contribution in [1.29, 1.82) is 0 Å². The van der Waals surface area contributed by atoms with Crippen LogP contribution in [0.4, 0.5) is 4.79 Å². The summed E-state index contributed by atoms with van der Waals surface area (Å²) in [6.45, 7) is 0.360. The Labute approximate surface area is 161 Å². The lowest BCUT2D eigenvalue weighted by Gasteiger charge is -2.14. The van der Waals surface area contributed by atoms with Crippen LogP contribution in [0.2, 0.25) is 0 Å². The minimum absolute atomic E-state index is 0.00605. The quantitative estimate of drug-likeness (QED) is 0.712. The minimum atomic E-state index is -1.11. The molecule has 0 aliphatic heterocycles. The summed E-state index contributed by atoms with van der Waals surface area (Å²) in [7, 11) is 1.63. The zero-order chi connectivity index (χ0) is 19.7. The number of aromatic carboxylic acids is 1. The smallest absolute Gasteiger partial charge is 0.407 e. The molecule has 2 N–H and O–H groups in total. The number of hydrogen-bond acceptors (Lipinski definition) is 4. The summed E-state index contributed by atoms with van der Waals surface area (Å²) >= 11 is 0. The van der Waals surface area contributed by atoms with E-state index in [0.717, 1.165) is 11.1 Å². The molecular formula is C21H19N3O4. The van der Waals surface area contributed by atoms with E-state index in [4.69, 9.17) is 9.84 Å². The van der Waals surface area contributed by atoms with Crippen LogP contribution in [0.25, 0.3) is 11.1 Å². The maximum absolute atomic E-state index is 12.2. The van der Waals surface area contributed by atoms with Gasteiger partial charge in [-0.3, -0.25) is 4.68 Å². The molecule has 4 rings (SSSR count). The van der Waals surface area contributed by atoms with Gasteiger partial charge in [-0.2, -0.15) is 5.10 Å². The zero-order valence-electron chi connectivity index (χ0n) is 15.3. The van der Waals surface area contributed by atoms with Crippen molar-refractivity contribution in [1.82, 2.24) is 15.1 Å². The summed E-state index contributed by atoms with van der Waals surface area (Å²) < 4.78 is 6.88. The number of nitrogens with zero attached hydrogens (tertiary/aromatic N) is 2. The number of fused-ring (bicyclic) bond motifs is 3. The van der Waals surface area contributed by atoms with Crippen molar-refractivity contribution in [2.75, 3.05) is 6.61 Å². The maximum atomic E-state index is 12.2. The van der Waals surface area contributed by atoms with E-state index in [1.165, 1.54) is 21.9 Å². The third-order valence-corrected chi connectivity index (χ3v) is 4.95. The average Bonchev–Trinajstić information content (AvgIpc) is 3.23. The summed E-state index contributed by atoms with van der Waals surface area (Å²) in [4.78, 5) is 23.1. The number of carboxylic acids is 1. The Morgan fingerprint density at radius 2 is 1.71 bits per heavy atom. The summed E-state index contributed by atoms with van der Waals surface area (Å²) in [5, 5.41) is 15.5. The number of amides is 1. The highest BCUT2D eigenvalue weighted by atomic mass is 16.5. The van der Waals surface area contributed by atoms with Gasteiger partial charge in [-0.05, 0) is 28.3 Å². The van der Waals surface area contributed by atoms with Gasteiger partial charge in [-0.1, -0.05) is 48.5 Å². The fraction of sp³-hybridized carbons (Fsp3) is 0.190. The molecule has 0 atom stereocenters. The molecule has 0 unspecified atom stereocenters. The van der Waals surface area contributed by atoms with E-state index in [9.17, 15) is 9.59 Å². The lowest BCUT2D eigenvalue weighted by Crippen LogP contribution is -2.26. The topological polar surface area (TPSA) is 93.5 Å². The van der Waals surface area contributed by atoms with E-state index in [-0.39, 0.29) is 24.8 Å². The molecule has 2 aromatic carbocycles. The van der Waals surface area contributed by atoms with Gasteiger partial charge in [0.2, 0.25) is 0 Å². The normalized spacial score (nSPS) is 12.3. The molecule has 0 bridgehead atoms. The van der Waals surface area contributed by atoms with Crippen molar-refractivity contribution in [3.63, 3.8) is 0 Å². The second-order valence-electron chi connectivity index (χ2n) is 6.63. The first-order chi connectivity index (χ1) is 13.5. The van der Waals surface area contributed by atoms with E-state index in [1.54, 1.807) is 7.05 Å². The Kier molecular flexibility index (Phi) is 4.57. The van der Waals surface area contributed by atoms with Crippen molar-refractivity contribution >= 4 is 12.1 Å². The van der Waals surface area contributed by atoms with Crippen molar-refractivity contribution in [3.05, 3.63) is 77.1 Å². The standard InChI is InChI=1S/C21H19N3O4/c1-24-13(10-19(23-24)20(25)26)11-22-21(27)28-12-18-16-8-4-2-6-14(16)15-7-3-5-9-17(15)18/h2-10,18H,11-12H2,1H3,(H,22,27)(H,25,26). The highest BCUT2D eigenvalue weighted by Gasteiger charge is 2.29. The number of aryl methyl sites for hydroxylation is 1. The summed E-state index contributed by atoms with van der Waals surface area (Å²) in [5.74, 6) is -1.11. The number of rotatable bonds is 5. The Morgan fingerprint density at radius 1 is 1.11 bits per heavy atom. The fourth-order valence-corrected chi connectivity index (χ4v) is 3.59. The molecule has 7 nitrogen and oxygen atoms in total. The van der Waals surface area contributed by atoms with Gasteiger partial charge in [0, 0.05) is 13.0 Å². The minimum Gasteiger partial charge on any atom is -0.476 e. The van der Waals surface area contributed by atoms with Crippen molar-refractivity contribution in [2.24, 2.45) is 7.05 Å². The monoisotopic (exact) mass is 377 g/mol. The number of carbonyl (C=O) groups excluding carboxylic acids is 1. The molecule has 0 saturated heterocycles. The number of nitrogens with one attached hydrogen (secondary N) is 1. The van der Waals surface area contributed by atoms with Gasteiger partial charge in [0.1, 0.15) is 6.61 Å². The molecule has 3 aromatic rings. The molecule has 1 aromatic heterocycles. The predicted molar refractivity (Wildman–Crippen MR) is 102 cm³/mol. The van der Waals surface area contributed by atoms with E-state index in [0.29, 0.717) is 5.69 Å². The van der Waals surface area contributed by atoms with Gasteiger partial charge in [-0.15, -0.1) is 0 Å². The van der Waals surface area contributed by atoms with Crippen molar-refractivity contribution < 1.29 is 19.4 Å². The van der Waals surface area contributed by atoms with Gasteiger partial charge < -0.3 is 15.2 Å². The van der Waals surface area contributed by atoms with E-state index in [1.807, 2.05) is 24.3 Å². The molecule has 0 saturated carbocycles. The maximum Gasteiger partial charge on any atom is 0.407 e. The molecule has 142 valence electrons. The van der Waals surface area contributed by atoms with Gasteiger partial charge >= 0.3 is 12.1 Å². The molecule has 28 heavy (non-hydrogen) atoms. The number of ether oxygens (including phenoxy) is 1. The highest BCUT2D eigenvalue weighted by Crippen LogP contribution is 2.44. The first-order valence-electron chi connectivity index (χ1n) is 8.89. The van der Waals surface area contributed by atoms with Gasteiger partial charge in [-0.25, -0.2) is 9.59 Å². The predicted octanol–water partition coefficient (Wildman–Crippen LogP) is 3.16. The molecular weight excluding hydrogens is 358 g/mol. The number of carbonyl (C=O) groups is 2. The van der Waals surface area contributed by atoms with Crippen LogP contribution in [-0.4, -0.2) is 33.6 Å².